The van der Waals surface area contributed by atoms with Gasteiger partial charge in [0.1, 0.15) is 5.75 Å². The molecule has 1 N–H and O–H groups in total. The zero-order valence-electron chi connectivity index (χ0n) is 21.2. The van der Waals surface area contributed by atoms with Gasteiger partial charge in [0.2, 0.25) is 0 Å². The van der Waals surface area contributed by atoms with Crippen LogP contribution >= 0.6 is 11.6 Å². The van der Waals surface area contributed by atoms with E-state index in [1.54, 1.807) is 35.8 Å². The number of hydrogen-bond acceptors (Lipinski definition) is 5. The smallest absolute Gasteiger partial charge is 0.407 e. The highest BCUT2D eigenvalue weighted by molar-refractivity contribution is 6.34. The number of hydrogen-bond donors (Lipinski definition) is 1. The number of carboxylic acid groups (broad SMARTS) is 1. The van der Waals surface area contributed by atoms with E-state index in [9.17, 15) is 19.5 Å². The summed E-state index contributed by atoms with van der Waals surface area (Å²) in [7, 11) is 0. The van der Waals surface area contributed by atoms with Gasteiger partial charge in [-0.1, -0.05) is 11.6 Å². The number of carbonyl (C=O) groups is 3. The minimum atomic E-state index is -1.07. The van der Waals surface area contributed by atoms with Crippen LogP contribution < -0.4 is 9.64 Å². The van der Waals surface area contributed by atoms with Crippen molar-refractivity contribution >= 4 is 35.2 Å². The Morgan fingerprint density at radius 2 is 2.06 bits per heavy atom. The van der Waals surface area contributed by atoms with Crippen molar-refractivity contribution in [2.75, 3.05) is 37.7 Å². The fraction of sp³-hybridized carbons (Fsp3) is 0.640. The van der Waals surface area contributed by atoms with Gasteiger partial charge in [-0.15, -0.1) is 0 Å². The number of benzene rings is 1. The van der Waals surface area contributed by atoms with Gasteiger partial charge >= 0.3 is 6.09 Å². The molecule has 2 aliphatic heterocycles. The molecule has 194 valence electrons. The molecule has 0 unspecified atom stereocenters. The summed E-state index contributed by atoms with van der Waals surface area (Å²) in [4.78, 5) is 43.2. The van der Waals surface area contributed by atoms with Gasteiger partial charge in [-0.2, -0.15) is 0 Å². The maximum atomic E-state index is 13.8. The predicted molar refractivity (Wildman–Crippen MR) is 134 cm³/mol. The highest BCUT2D eigenvalue weighted by Gasteiger charge is 2.42. The molecule has 0 spiro atoms. The van der Waals surface area contributed by atoms with Gasteiger partial charge in [-0.3, -0.25) is 9.59 Å². The van der Waals surface area contributed by atoms with E-state index < -0.39 is 11.7 Å². The van der Waals surface area contributed by atoms with Crippen LogP contribution in [0.1, 0.15) is 64.2 Å². The lowest BCUT2D eigenvalue weighted by molar-refractivity contribution is -0.132. The van der Waals surface area contributed by atoms with Crippen molar-refractivity contribution < 1.29 is 29.0 Å². The second kappa shape index (κ2) is 11.0. The number of likely N-dealkylation sites (tertiary alicyclic amines) is 1. The molecule has 0 saturated carbocycles. The number of nitrogens with zero attached hydrogens (tertiary/aromatic N) is 3. The van der Waals surface area contributed by atoms with E-state index in [1.165, 1.54) is 4.90 Å². The van der Waals surface area contributed by atoms with Gasteiger partial charge in [-0.25, -0.2) is 4.79 Å². The molecule has 10 heteroatoms. The first kappa shape index (κ1) is 27.1. The zero-order valence-corrected chi connectivity index (χ0v) is 21.9. The van der Waals surface area contributed by atoms with E-state index >= 15 is 0 Å². The molecule has 1 aromatic carbocycles. The molecule has 3 rings (SSSR count). The number of halogens is 1. The minimum absolute atomic E-state index is 0.174. The van der Waals surface area contributed by atoms with Crippen LogP contribution in [0.2, 0.25) is 5.02 Å². The van der Waals surface area contributed by atoms with Gasteiger partial charge in [0, 0.05) is 45.0 Å². The first-order valence-electron chi connectivity index (χ1n) is 12.2. The Labute approximate surface area is 211 Å². The lowest BCUT2D eigenvalue weighted by atomic mass is 9.99. The first-order chi connectivity index (χ1) is 16.5. The van der Waals surface area contributed by atoms with Crippen molar-refractivity contribution in [2.24, 2.45) is 0 Å². The molecule has 2 heterocycles. The van der Waals surface area contributed by atoms with Crippen LogP contribution in [-0.4, -0.2) is 83.3 Å². The molecule has 1 atom stereocenters. The Morgan fingerprint density at radius 3 is 2.69 bits per heavy atom. The summed E-state index contributed by atoms with van der Waals surface area (Å²) < 4.78 is 11.4. The van der Waals surface area contributed by atoms with Crippen molar-refractivity contribution in [3.8, 4) is 5.75 Å². The molecule has 0 aromatic heterocycles. The monoisotopic (exact) mass is 509 g/mol. The van der Waals surface area contributed by atoms with Gasteiger partial charge < -0.3 is 29.3 Å². The maximum absolute atomic E-state index is 13.8. The quantitative estimate of drug-likeness (QED) is 0.525. The number of ether oxygens (including phenoxy) is 2. The number of rotatable bonds is 8. The van der Waals surface area contributed by atoms with Crippen LogP contribution in [-0.2, 0) is 9.53 Å². The third-order valence-corrected chi connectivity index (χ3v) is 6.73. The molecule has 35 heavy (non-hydrogen) atoms. The van der Waals surface area contributed by atoms with E-state index in [2.05, 4.69) is 0 Å². The topological polar surface area (TPSA) is 99.6 Å². The van der Waals surface area contributed by atoms with E-state index in [4.69, 9.17) is 21.1 Å². The highest BCUT2D eigenvalue weighted by Crippen LogP contribution is 2.41. The fourth-order valence-corrected chi connectivity index (χ4v) is 5.00. The molecule has 0 aliphatic carbocycles. The number of carbonyl (C=O) groups excluding carboxylic acids is 2. The number of fused-ring (bicyclic) bond motifs is 1. The molecular formula is C25H36ClN3O6. The number of piperidine rings is 1. The Balaban J connectivity index is 1.96. The van der Waals surface area contributed by atoms with Crippen molar-refractivity contribution in [2.45, 2.75) is 71.6 Å². The van der Waals surface area contributed by atoms with Gasteiger partial charge in [0.05, 0.1) is 22.3 Å². The summed E-state index contributed by atoms with van der Waals surface area (Å²) in [6.07, 6.45) is 1.02. The van der Waals surface area contributed by atoms with Crippen molar-refractivity contribution in [1.82, 2.24) is 9.80 Å². The van der Waals surface area contributed by atoms with Crippen LogP contribution in [0, 0.1) is 0 Å². The van der Waals surface area contributed by atoms with E-state index in [1.807, 2.05) is 20.8 Å². The summed E-state index contributed by atoms with van der Waals surface area (Å²) >= 11 is 6.59. The molecule has 1 fully saturated rings. The summed E-state index contributed by atoms with van der Waals surface area (Å²) in [6.45, 7) is 11.4. The third kappa shape index (κ3) is 5.83. The first-order valence-corrected chi connectivity index (χ1v) is 12.6. The summed E-state index contributed by atoms with van der Waals surface area (Å²) in [5.74, 6) is -0.0534. The maximum Gasteiger partial charge on any atom is 0.407 e. The van der Waals surface area contributed by atoms with Gasteiger partial charge in [0.15, 0.2) is 5.60 Å². The molecule has 9 nitrogen and oxygen atoms in total. The normalized spacial score (nSPS) is 19.4. The van der Waals surface area contributed by atoms with E-state index in [0.29, 0.717) is 57.0 Å². The summed E-state index contributed by atoms with van der Waals surface area (Å²) in [5, 5.41) is 9.68. The molecule has 2 aliphatic rings. The Morgan fingerprint density at radius 1 is 1.34 bits per heavy atom. The molecular weight excluding hydrogens is 474 g/mol. The Hall–Kier alpha value is -2.52. The lowest BCUT2D eigenvalue weighted by Crippen LogP contribution is -2.54. The van der Waals surface area contributed by atoms with Crippen LogP contribution in [0.4, 0.5) is 10.5 Å². The molecule has 0 radical (unpaired) electrons. The Kier molecular flexibility index (Phi) is 8.54. The lowest BCUT2D eigenvalue weighted by Gasteiger charge is -2.41. The minimum Gasteiger partial charge on any atom is -0.476 e. The van der Waals surface area contributed by atoms with Crippen LogP contribution in [0.5, 0.6) is 5.75 Å². The Bertz CT molecular complexity index is 967. The second-order valence-electron chi connectivity index (χ2n) is 9.75. The van der Waals surface area contributed by atoms with Crippen LogP contribution in [0.15, 0.2) is 12.1 Å². The van der Waals surface area contributed by atoms with Crippen LogP contribution in [0.3, 0.4) is 0 Å². The van der Waals surface area contributed by atoms with E-state index in [0.717, 1.165) is 0 Å². The molecule has 1 aromatic rings. The number of anilines is 1. The number of amides is 3. The largest absolute Gasteiger partial charge is 0.476 e. The average molecular weight is 510 g/mol. The molecule has 3 amide bonds. The van der Waals surface area contributed by atoms with Gasteiger partial charge in [-0.05, 0) is 59.9 Å². The van der Waals surface area contributed by atoms with Gasteiger partial charge in [0.25, 0.3) is 11.8 Å². The van der Waals surface area contributed by atoms with E-state index in [-0.39, 0.29) is 41.0 Å². The second-order valence-corrected chi connectivity index (χ2v) is 10.2. The van der Waals surface area contributed by atoms with Crippen LogP contribution in [0.25, 0.3) is 0 Å². The SMILES string of the molecule is CCOCCCN1C(=O)C(C)(C)Oc2cc(Cl)c(C(=O)N(C(C)C)[C@@H]3CCCN(C(=O)O)C3)cc21. The third-order valence-electron chi connectivity index (χ3n) is 6.42. The van der Waals surface area contributed by atoms with Crippen molar-refractivity contribution in [3.05, 3.63) is 22.7 Å². The standard InChI is InChI=1S/C25H36ClN3O6/c1-6-34-12-8-11-28-20-13-18(19(26)14-21(20)35-25(4,5)23(28)31)22(30)29(16(2)3)17-9-7-10-27(15-17)24(32)33/h13-14,16-17H,6-12,15H2,1-5H3,(H,32,33)/t17-/m1/s1. The predicted octanol–water partition coefficient (Wildman–Crippen LogP) is 4.26. The highest BCUT2D eigenvalue weighted by atomic mass is 35.5. The summed E-state index contributed by atoms with van der Waals surface area (Å²) in [5.41, 5.74) is -0.310. The fourth-order valence-electron chi connectivity index (χ4n) is 4.76. The van der Waals surface area contributed by atoms with Crippen molar-refractivity contribution in [1.29, 1.82) is 0 Å². The summed E-state index contributed by atoms with van der Waals surface area (Å²) in [6, 6.07) is 2.78. The molecule has 0 bridgehead atoms. The molecule has 1 saturated heterocycles. The average Bonchev–Trinajstić information content (AvgIpc) is 2.78. The van der Waals surface area contributed by atoms with Crippen molar-refractivity contribution in [3.63, 3.8) is 0 Å². The zero-order chi connectivity index (χ0) is 25.9.